The highest BCUT2D eigenvalue weighted by molar-refractivity contribution is 9.10. The standard InChI is InChI=1S/C15H12BrN5OS/c1-8-11-13(17)18-7-19-15(11)23-12(8)14(22)21-20-6-9-2-4-10(16)5-3-9/h2-7H,1H3,(H,21,22)(H2,17,18,19)/b20-6-. The van der Waals surface area contributed by atoms with Crippen molar-refractivity contribution in [3.8, 4) is 0 Å². The summed E-state index contributed by atoms with van der Waals surface area (Å²) in [5, 5.41) is 4.70. The van der Waals surface area contributed by atoms with Gasteiger partial charge in [0.05, 0.1) is 16.5 Å². The first-order valence-corrected chi connectivity index (χ1v) is 8.25. The van der Waals surface area contributed by atoms with Crippen LogP contribution in [-0.2, 0) is 0 Å². The normalized spacial score (nSPS) is 11.2. The van der Waals surface area contributed by atoms with Crippen molar-refractivity contribution >= 4 is 55.4 Å². The Kier molecular flexibility index (Phi) is 4.35. The van der Waals surface area contributed by atoms with E-state index < -0.39 is 0 Å². The maximum atomic E-state index is 12.3. The molecular weight excluding hydrogens is 378 g/mol. The lowest BCUT2D eigenvalue weighted by atomic mass is 10.2. The second kappa shape index (κ2) is 6.43. The van der Waals surface area contributed by atoms with Crippen molar-refractivity contribution in [2.24, 2.45) is 5.10 Å². The highest BCUT2D eigenvalue weighted by atomic mass is 79.9. The van der Waals surface area contributed by atoms with Gasteiger partial charge in [-0.1, -0.05) is 28.1 Å². The number of amides is 1. The quantitative estimate of drug-likeness (QED) is 0.531. The third kappa shape index (κ3) is 3.22. The third-order valence-corrected chi connectivity index (χ3v) is 4.94. The van der Waals surface area contributed by atoms with Crippen LogP contribution in [0, 0.1) is 6.92 Å². The number of aromatic nitrogens is 2. The summed E-state index contributed by atoms with van der Waals surface area (Å²) < 4.78 is 0.985. The Labute approximate surface area is 144 Å². The fourth-order valence-electron chi connectivity index (χ4n) is 2.08. The average molecular weight is 390 g/mol. The van der Waals surface area contributed by atoms with E-state index in [4.69, 9.17) is 5.73 Å². The number of halogens is 1. The zero-order chi connectivity index (χ0) is 16.4. The van der Waals surface area contributed by atoms with Crippen LogP contribution >= 0.6 is 27.3 Å². The molecule has 3 aromatic rings. The van der Waals surface area contributed by atoms with Gasteiger partial charge >= 0.3 is 0 Å². The molecule has 2 aromatic heterocycles. The minimum atomic E-state index is -0.293. The molecule has 6 nitrogen and oxygen atoms in total. The molecule has 0 aliphatic carbocycles. The van der Waals surface area contributed by atoms with Gasteiger partial charge in [-0.25, -0.2) is 15.4 Å². The lowest BCUT2D eigenvalue weighted by Gasteiger charge is -1.99. The second-order valence-electron chi connectivity index (χ2n) is 4.75. The minimum Gasteiger partial charge on any atom is -0.383 e. The van der Waals surface area contributed by atoms with Crippen LogP contribution in [0.5, 0.6) is 0 Å². The van der Waals surface area contributed by atoms with E-state index in [-0.39, 0.29) is 5.91 Å². The molecule has 23 heavy (non-hydrogen) atoms. The summed E-state index contributed by atoms with van der Waals surface area (Å²) in [5.41, 5.74) is 10.0. The number of thiophene rings is 1. The van der Waals surface area contributed by atoms with E-state index in [1.807, 2.05) is 31.2 Å². The third-order valence-electron chi connectivity index (χ3n) is 3.21. The molecule has 0 saturated carbocycles. The van der Waals surface area contributed by atoms with Crippen LogP contribution in [0.4, 0.5) is 5.82 Å². The van der Waals surface area contributed by atoms with Crippen LogP contribution in [0.25, 0.3) is 10.2 Å². The van der Waals surface area contributed by atoms with E-state index in [9.17, 15) is 4.79 Å². The average Bonchev–Trinajstić information content (AvgIpc) is 2.88. The van der Waals surface area contributed by atoms with Gasteiger partial charge in [0.2, 0.25) is 0 Å². The topological polar surface area (TPSA) is 93.3 Å². The summed E-state index contributed by atoms with van der Waals surface area (Å²) in [6.45, 7) is 1.83. The van der Waals surface area contributed by atoms with Gasteiger partial charge in [0, 0.05) is 4.47 Å². The number of hydrogen-bond acceptors (Lipinski definition) is 6. The first-order chi connectivity index (χ1) is 11.1. The maximum Gasteiger partial charge on any atom is 0.281 e. The summed E-state index contributed by atoms with van der Waals surface area (Å²) in [7, 11) is 0. The van der Waals surface area contributed by atoms with Crippen molar-refractivity contribution in [3.63, 3.8) is 0 Å². The molecule has 0 radical (unpaired) electrons. The monoisotopic (exact) mass is 389 g/mol. The van der Waals surface area contributed by atoms with E-state index >= 15 is 0 Å². The summed E-state index contributed by atoms with van der Waals surface area (Å²) in [4.78, 5) is 21.6. The lowest BCUT2D eigenvalue weighted by Crippen LogP contribution is -2.17. The van der Waals surface area contributed by atoms with Gasteiger partial charge in [0.1, 0.15) is 17.0 Å². The van der Waals surface area contributed by atoms with Gasteiger partial charge < -0.3 is 5.73 Å². The Bertz CT molecular complexity index is 904. The Morgan fingerprint density at radius 3 is 2.78 bits per heavy atom. The summed E-state index contributed by atoms with van der Waals surface area (Å²) in [6.07, 6.45) is 2.97. The minimum absolute atomic E-state index is 0.293. The van der Waals surface area contributed by atoms with Gasteiger partial charge in [-0.05, 0) is 30.2 Å². The second-order valence-corrected chi connectivity index (χ2v) is 6.66. The van der Waals surface area contributed by atoms with Crippen molar-refractivity contribution in [2.75, 3.05) is 5.73 Å². The molecular formula is C15H12BrN5OS. The number of nitrogens with zero attached hydrogens (tertiary/aromatic N) is 3. The van der Waals surface area contributed by atoms with E-state index in [0.29, 0.717) is 15.5 Å². The summed E-state index contributed by atoms with van der Waals surface area (Å²) in [5.74, 6) is 0.0828. The predicted molar refractivity (Wildman–Crippen MR) is 95.8 cm³/mol. The summed E-state index contributed by atoms with van der Waals surface area (Å²) >= 11 is 4.63. The number of fused-ring (bicyclic) bond motifs is 1. The molecule has 8 heteroatoms. The molecule has 0 spiro atoms. The van der Waals surface area contributed by atoms with Crippen LogP contribution in [-0.4, -0.2) is 22.1 Å². The molecule has 0 atom stereocenters. The van der Waals surface area contributed by atoms with E-state index in [1.54, 1.807) is 6.21 Å². The Morgan fingerprint density at radius 2 is 2.09 bits per heavy atom. The first-order valence-electron chi connectivity index (χ1n) is 6.65. The van der Waals surface area contributed by atoms with E-state index in [0.717, 1.165) is 21.0 Å². The number of aryl methyl sites for hydroxylation is 1. The fourth-order valence-corrected chi connectivity index (χ4v) is 3.39. The van der Waals surface area contributed by atoms with Crippen LogP contribution < -0.4 is 11.2 Å². The Balaban J connectivity index is 1.80. The molecule has 0 aliphatic rings. The van der Waals surface area contributed by atoms with Crippen molar-refractivity contribution in [2.45, 2.75) is 6.92 Å². The first kappa shape index (κ1) is 15.6. The number of nitrogens with one attached hydrogen (secondary N) is 1. The number of rotatable bonds is 3. The molecule has 0 bridgehead atoms. The van der Waals surface area contributed by atoms with Gasteiger partial charge in [-0.2, -0.15) is 5.10 Å². The maximum absolute atomic E-state index is 12.3. The highest BCUT2D eigenvalue weighted by Gasteiger charge is 2.17. The Morgan fingerprint density at radius 1 is 1.35 bits per heavy atom. The van der Waals surface area contributed by atoms with Crippen molar-refractivity contribution in [1.82, 2.24) is 15.4 Å². The molecule has 0 fully saturated rings. The van der Waals surface area contributed by atoms with Crippen LogP contribution in [0.1, 0.15) is 20.8 Å². The number of anilines is 1. The van der Waals surface area contributed by atoms with Gasteiger partial charge in [0.15, 0.2) is 0 Å². The molecule has 0 aliphatic heterocycles. The van der Waals surface area contributed by atoms with Crippen LogP contribution in [0.3, 0.4) is 0 Å². The fraction of sp³-hybridized carbons (Fsp3) is 0.0667. The number of hydrazone groups is 1. The van der Waals surface area contributed by atoms with Crippen molar-refractivity contribution in [3.05, 3.63) is 51.1 Å². The molecule has 3 rings (SSSR count). The van der Waals surface area contributed by atoms with Crippen molar-refractivity contribution < 1.29 is 4.79 Å². The largest absolute Gasteiger partial charge is 0.383 e. The van der Waals surface area contributed by atoms with E-state index in [1.165, 1.54) is 17.7 Å². The highest BCUT2D eigenvalue weighted by Crippen LogP contribution is 2.31. The van der Waals surface area contributed by atoms with Crippen LogP contribution in [0.15, 0.2) is 40.2 Å². The zero-order valence-corrected chi connectivity index (χ0v) is 14.5. The molecule has 1 amide bonds. The molecule has 0 unspecified atom stereocenters. The molecule has 116 valence electrons. The number of carbonyl (C=O) groups excluding carboxylic acids is 1. The molecule has 3 N–H and O–H groups in total. The number of benzene rings is 1. The summed E-state index contributed by atoms with van der Waals surface area (Å²) in [6, 6.07) is 7.59. The lowest BCUT2D eigenvalue weighted by molar-refractivity contribution is 0.0958. The molecule has 2 heterocycles. The number of nitrogens with two attached hydrogens (primary N) is 1. The van der Waals surface area contributed by atoms with E-state index in [2.05, 4.69) is 36.4 Å². The Hall–Kier alpha value is -2.32. The predicted octanol–water partition coefficient (Wildman–Crippen LogP) is 3.11. The SMILES string of the molecule is Cc1c(C(=O)N/N=C\c2ccc(Br)cc2)sc2ncnc(N)c12. The number of hydrogen-bond donors (Lipinski definition) is 2. The molecule has 1 aromatic carbocycles. The number of nitrogen functional groups attached to an aromatic ring is 1. The molecule has 0 saturated heterocycles. The van der Waals surface area contributed by atoms with Gasteiger partial charge in [0.25, 0.3) is 5.91 Å². The number of carbonyl (C=O) groups is 1. The van der Waals surface area contributed by atoms with Gasteiger partial charge in [-0.3, -0.25) is 4.79 Å². The van der Waals surface area contributed by atoms with Crippen LogP contribution in [0.2, 0.25) is 0 Å². The van der Waals surface area contributed by atoms with Gasteiger partial charge in [-0.15, -0.1) is 11.3 Å². The zero-order valence-electron chi connectivity index (χ0n) is 12.1. The van der Waals surface area contributed by atoms with Crippen molar-refractivity contribution in [1.29, 1.82) is 0 Å². The smallest absolute Gasteiger partial charge is 0.281 e.